The quantitative estimate of drug-likeness (QED) is 0.739. The number of rotatable bonds is 2. The van der Waals surface area contributed by atoms with Crippen LogP contribution >= 0.6 is 0 Å². The van der Waals surface area contributed by atoms with E-state index in [0.717, 1.165) is 32.1 Å². The molecule has 0 bridgehead atoms. The van der Waals surface area contributed by atoms with Gasteiger partial charge in [-0.2, -0.15) is 0 Å². The van der Waals surface area contributed by atoms with Crippen LogP contribution in [0.5, 0.6) is 0 Å². The summed E-state index contributed by atoms with van der Waals surface area (Å²) < 4.78 is 0. The molecular formula is C13H21NO3. The van der Waals surface area contributed by atoms with Crippen LogP contribution in [0.2, 0.25) is 0 Å². The minimum absolute atomic E-state index is 0.0933. The number of hydrogen-bond donors (Lipinski definition) is 1. The lowest BCUT2D eigenvalue weighted by atomic mass is 9.81. The third-order valence-corrected chi connectivity index (χ3v) is 4.52. The van der Waals surface area contributed by atoms with Crippen molar-refractivity contribution in [1.29, 1.82) is 0 Å². The molecule has 0 radical (unpaired) electrons. The molecule has 4 heteroatoms. The fourth-order valence-electron chi connectivity index (χ4n) is 3.07. The second-order valence-corrected chi connectivity index (χ2v) is 5.53. The zero-order valence-corrected chi connectivity index (χ0v) is 10.6. The average Bonchev–Trinajstić information content (AvgIpc) is 2.55. The van der Waals surface area contributed by atoms with Crippen molar-refractivity contribution in [3.63, 3.8) is 0 Å². The number of aliphatic hydroxyl groups is 1. The van der Waals surface area contributed by atoms with Crippen LogP contribution in [-0.2, 0) is 9.59 Å². The van der Waals surface area contributed by atoms with E-state index >= 15 is 0 Å². The Kier molecular flexibility index (Phi) is 3.25. The van der Waals surface area contributed by atoms with Crippen LogP contribution in [0, 0.1) is 11.8 Å². The molecule has 2 unspecified atom stereocenters. The molecule has 2 rings (SSSR count). The molecule has 0 aromatic carbocycles. The molecule has 17 heavy (non-hydrogen) atoms. The Bertz CT molecular complexity index is 314. The highest BCUT2D eigenvalue weighted by molar-refractivity contribution is 6.05. The number of amides is 2. The normalized spacial score (nSPS) is 33.2. The molecule has 1 saturated heterocycles. The van der Waals surface area contributed by atoms with Crippen molar-refractivity contribution < 1.29 is 14.7 Å². The summed E-state index contributed by atoms with van der Waals surface area (Å²) >= 11 is 0. The third kappa shape index (κ3) is 1.79. The zero-order valence-electron chi connectivity index (χ0n) is 10.6. The SMILES string of the molecule is CC1C(=O)N(C2(CO)CCCCC2)C(=O)C1C. The lowest BCUT2D eigenvalue weighted by Gasteiger charge is -2.42. The minimum Gasteiger partial charge on any atom is -0.394 e. The number of carbonyl (C=O) groups excluding carboxylic acids is 2. The Morgan fingerprint density at radius 1 is 1.12 bits per heavy atom. The van der Waals surface area contributed by atoms with Crippen molar-refractivity contribution in [2.45, 2.75) is 51.5 Å². The van der Waals surface area contributed by atoms with Gasteiger partial charge in [-0.05, 0) is 12.8 Å². The van der Waals surface area contributed by atoms with Crippen LogP contribution < -0.4 is 0 Å². The van der Waals surface area contributed by atoms with Gasteiger partial charge in [-0.1, -0.05) is 33.1 Å². The second-order valence-electron chi connectivity index (χ2n) is 5.53. The van der Waals surface area contributed by atoms with Gasteiger partial charge < -0.3 is 5.11 Å². The van der Waals surface area contributed by atoms with Crippen molar-refractivity contribution in [2.75, 3.05) is 6.61 Å². The first-order valence-electron chi connectivity index (χ1n) is 6.52. The van der Waals surface area contributed by atoms with Crippen molar-refractivity contribution in [2.24, 2.45) is 11.8 Å². The maximum Gasteiger partial charge on any atom is 0.233 e. The largest absolute Gasteiger partial charge is 0.394 e. The monoisotopic (exact) mass is 239 g/mol. The lowest BCUT2D eigenvalue weighted by Crippen LogP contribution is -2.55. The van der Waals surface area contributed by atoms with E-state index in [1.54, 1.807) is 13.8 Å². The Morgan fingerprint density at radius 3 is 2.00 bits per heavy atom. The molecule has 2 fully saturated rings. The first kappa shape index (κ1) is 12.6. The Balaban J connectivity index is 2.31. The van der Waals surface area contributed by atoms with Gasteiger partial charge in [0.25, 0.3) is 0 Å². The maximum absolute atomic E-state index is 12.2. The van der Waals surface area contributed by atoms with Gasteiger partial charge in [-0.15, -0.1) is 0 Å². The standard InChI is InChI=1S/C13H21NO3/c1-9-10(2)12(17)14(11(9)16)13(8-15)6-4-3-5-7-13/h9-10,15H,3-8H2,1-2H3. The van der Waals surface area contributed by atoms with Crippen LogP contribution in [0.3, 0.4) is 0 Å². The van der Waals surface area contributed by atoms with Crippen LogP contribution in [0.25, 0.3) is 0 Å². The van der Waals surface area contributed by atoms with Crippen molar-refractivity contribution >= 4 is 11.8 Å². The number of imide groups is 1. The average molecular weight is 239 g/mol. The van der Waals surface area contributed by atoms with Gasteiger partial charge in [0.2, 0.25) is 11.8 Å². The van der Waals surface area contributed by atoms with E-state index in [-0.39, 0.29) is 30.3 Å². The van der Waals surface area contributed by atoms with E-state index in [0.29, 0.717) is 0 Å². The Labute approximate surface area is 102 Å². The van der Waals surface area contributed by atoms with Crippen LogP contribution in [0.1, 0.15) is 46.0 Å². The summed E-state index contributed by atoms with van der Waals surface area (Å²) in [7, 11) is 0. The van der Waals surface area contributed by atoms with Gasteiger partial charge in [0.1, 0.15) is 0 Å². The maximum atomic E-state index is 12.2. The molecule has 0 spiro atoms. The molecule has 2 aliphatic rings. The molecule has 1 saturated carbocycles. The van der Waals surface area contributed by atoms with Gasteiger partial charge in [0.05, 0.1) is 12.1 Å². The molecule has 4 nitrogen and oxygen atoms in total. The molecule has 0 aromatic heterocycles. The van der Waals surface area contributed by atoms with Crippen molar-refractivity contribution in [3.8, 4) is 0 Å². The van der Waals surface area contributed by atoms with Crippen LogP contribution in [0.4, 0.5) is 0 Å². The van der Waals surface area contributed by atoms with E-state index in [2.05, 4.69) is 0 Å². The number of carbonyl (C=O) groups is 2. The van der Waals surface area contributed by atoms with Crippen LogP contribution in [-0.4, -0.2) is 34.0 Å². The predicted octanol–water partition coefficient (Wildman–Crippen LogP) is 1.32. The molecule has 1 aliphatic carbocycles. The van der Waals surface area contributed by atoms with E-state index in [4.69, 9.17) is 0 Å². The molecule has 2 amide bonds. The third-order valence-electron chi connectivity index (χ3n) is 4.52. The van der Waals surface area contributed by atoms with Crippen molar-refractivity contribution in [1.82, 2.24) is 4.90 Å². The molecule has 1 aliphatic heterocycles. The number of hydrogen-bond acceptors (Lipinski definition) is 3. The smallest absolute Gasteiger partial charge is 0.233 e. The molecular weight excluding hydrogens is 218 g/mol. The minimum atomic E-state index is -0.606. The predicted molar refractivity (Wildman–Crippen MR) is 63.1 cm³/mol. The highest BCUT2D eigenvalue weighted by Crippen LogP contribution is 2.39. The number of nitrogens with zero attached hydrogens (tertiary/aromatic N) is 1. The summed E-state index contributed by atoms with van der Waals surface area (Å²) in [6.45, 7) is 3.52. The zero-order chi connectivity index (χ0) is 12.6. The summed E-state index contributed by atoms with van der Waals surface area (Å²) in [5.74, 6) is -0.683. The van der Waals surface area contributed by atoms with E-state index in [1.165, 1.54) is 4.90 Å². The fraction of sp³-hybridized carbons (Fsp3) is 0.846. The van der Waals surface area contributed by atoms with Crippen LogP contribution in [0.15, 0.2) is 0 Å². The highest BCUT2D eigenvalue weighted by atomic mass is 16.3. The first-order valence-corrected chi connectivity index (χ1v) is 6.52. The molecule has 2 atom stereocenters. The second kappa shape index (κ2) is 4.41. The van der Waals surface area contributed by atoms with E-state index in [9.17, 15) is 14.7 Å². The van der Waals surface area contributed by atoms with Gasteiger partial charge in [0, 0.05) is 11.8 Å². The number of aliphatic hydroxyl groups excluding tert-OH is 1. The van der Waals surface area contributed by atoms with E-state index < -0.39 is 5.54 Å². The van der Waals surface area contributed by atoms with Gasteiger partial charge in [-0.3, -0.25) is 14.5 Å². The summed E-state index contributed by atoms with van der Waals surface area (Å²) in [6.07, 6.45) is 4.60. The lowest BCUT2D eigenvalue weighted by molar-refractivity contribution is -0.151. The van der Waals surface area contributed by atoms with Gasteiger partial charge >= 0.3 is 0 Å². The topological polar surface area (TPSA) is 57.6 Å². The highest BCUT2D eigenvalue weighted by Gasteiger charge is 2.52. The summed E-state index contributed by atoms with van der Waals surface area (Å²) in [5.41, 5.74) is -0.606. The van der Waals surface area contributed by atoms with Gasteiger partial charge in [0.15, 0.2) is 0 Å². The Hall–Kier alpha value is -0.900. The molecule has 1 heterocycles. The number of likely N-dealkylation sites (tertiary alicyclic amines) is 1. The van der Waals surface area contributed by atoms with E-state index in [1.807, 2.05) is 0 Å². The summed E-state index contributed by atoms with van der Waals surface area (Å²) in [5, 5.41) is 9.66. The summed E-state index contributed by atoms with van der Waals surface area (Å²) in [6, 6.07) is 0. The molecule has 0 aromatic rings. The molecule has 1 N–H and O–H groups in total. The Morgan fingerprint density at radius 2 is 1.59 bits per heavy atom. The van der Waals surface area contributed by atoms with Gasteiger partial charge in [-0.25, -0.2) is 0 Å². The molecule has 96 valence electrons. The fourth-order valence-corrected chi connectivity index (χ4v) is 3.07. The first-order chi connectivity index (χ1) is 8.03. The van der Waals surface area contributed by atoms with Crippen molar-refractivity contribution in [3.05, 3.63) is 0 Å². The summed E-state index contributed by atoms with van der Waals surface area (Å²) in [4.78, 5) is 25.8.